The van der Waals surface area contributed by atoms with Crippen LogP contribution in [0.5, 0.6) is 0 Å². The predicted molar refractivity (Wildman–Crippen MR) is 67.2 cm³/mol. The second-order valence-electron chi connectivity index (χ2n) is 3.53. The van der Waals surface area contributed by atoms with Gasteiger partial charge in [0, 0.05) is 10.9 Å². The normalized spacial score (nSPS) is 10.6. The van der Waals surface area contributed by atoms with E-state index in [0.29, 0.717) is 5.69 Å². The Morgan fingerprint density at radius 3 is 3.00 bits per heavy atom. The summed E-state index contributed by atoms with van der Waals surface area (Å²) in [4.78, 5) is 14.5. The van der Waals surface area contributed by atoms with Gasteiger partial charge in [0.25, 0.3) is 0 Å². The Morgan fingerprint density at radius 2 is 2.31 bits per heavy atom. The molecule has 1 heterocycles. The first-order chi connectivity index (χ1) is 7.76. The van der Waals surface area contributed by atoms with Crippen molar-refractivity contribution < 1.29 is 9.53 Å². The SMILES string of the molecule is COC(=O)c1cc2cccc(CCS)c2[nH]1. The van der Waals surface area contributed by atoms with Crippen molar-refractivity contribution in [2.75, 3.05) is 12.9 Å². The van der Waals surface area contributed by atoms with E-state index >= 15 is 0 Å². The lowest BCUT2D eigenvalue weighted by atomic mass is 10.1. The van der Waals surface area contributed by atoms with Crippen molar-refractivity contribution in [2.24, 2.45) is 0 Å². The number of aromatic nitrogens is 1. The van der Waals surface area contributed by atoms with E-state index in [2.05, 4.69) is 22.3 Å². The van der Waals surface area contributed by atoms with Crippen LogP contribution in [0.3, 0.4) is 0 Å². The minimum atomic E-state index is -0.340. The maximum Gasteiger partial charge on any atom is 0.354 e. The molecule has 4 heteroatoms. The van der Waals surface area contributed by atoms with Gasteiger partial charge in [0.2, 0.25) is 0 Å². The van der Waals surface area contributed by atoms with Crippen LogP contribution in [0.15, 0.2) is 24.3 Å². The van der Waals surface area contributed by atoms with Gasteiger partial charge in [0.05, 0.1) is 7.11 Å². The monoisotopic (exact) mass is 235 g/mol. The topological polar surface area (TPSA) is 42.1 Å². The summed E-state index contributed by atoms with van der Waals surface area (Å²) in [5.41, 5.74) is 2.66. The molecule has 0 amide bonds. The van der Waals surface area contributed by atoms with Crippen LogP contribution in [-0.2, 0) is 11.2 Å². The highest BCUT2D eigenvalue weighted by Crippen LogP contribution is 2.20. The molecule has 84 valence electrons. The molecule has 16 heavy (non-hydrogen) atoms. The van der Waals surface area contributed by atoms with Gasteiger partial charge in [-0.2, -0.15) is 12.6 Å². The summed E-state index contributed by atoms with van der Waals surface area (Å²) < 4.78 is 4.68. The highest BCUT2D eigenvalue weighted by molar-refractivity contribution is 7.80. The lowest BCUT2D eigenvalue weighted by molar-refractivity contribution is 0.0595. The van der Waals surface area contributed by atoms with Gasteiger partial charge >= 0.3 is 5.97 Å². The number of rotatable bonds is 3. The van der Waals surface area contributed by atoms with E-state index in [1.54, 1.807) is 0 Å². The molecular weight excluding hydrogens is 222 g/mol. The Bertz CT molecular complexity index is 519. The molecule has 0 aliphatic heterocycles. The standard InChI is InChI=1S/C12H13NO2S/c1-15-12(14)10-7-9-4-2-3-8(5-6-16)11(9)13-10/h2-4,7,13,16H,5-6H2,1H3. The first-order valence-electron chi connectivity index (χ1n) is 5.06. The average molecular weight is 235 g/mol. The predicted octanol–water partition coefficient (Wildman–Crippen LogP) is 2.43. The Morgan fingerprint density at radius 1 is 1.50 bits per heavy atom. The molecule has 2 aromatic rings. The molecule has 2 rings (SSSR count). The number of hydrogen-bond acceptors (Lipinski definition) is 3. The van der Waals surface area contributed by atoms with Crippen LogP contribution in [0.1, 0.15) is 16.1 Å². The molecule has 0 aliphatic carbocycles. The van der Waals surface area contributed by atoms with E-state index in [9.17, 15) is 4.79 Å². The van der Waals surface area contributed by atoms with Gasteiger partial charge < -0.3 is 9.72 Å². The van der Waals surface area contributed by atoms with Crippen molar-refractivity contribution in [1.29, 1.82) is 0 Å². The van der Waals surface area contributed by atoms with Gasteiger partial charge in [-0.15, -0.1) is 0 Å². The number of carbonyl (C=O) groups excluding carboxylic acids is 1. The summed E-state index contributed by atoms with van der Waals surface area (Å²) in [7, 11) is 1.38. The smallest absolute Gasteiger partial charge is 0.354 e. The summed E-state index contributed by atoms with van der Waals surface area (Å²) in [5, 5.41) is 1.03. The lowest BCUT2D eigenvalue weighted by Crippen LogP contribution is -2.00. The van der Waals surface area contributed by atoms with Crippen molar-refractivity contribution in [3.05, 3.63) is 35.5 Å². The summed E-state index contributed by atoms with van der Waals surface area (Å²) in [6.07, 6.45) is 0.877. The zero-order chi connectivity index (χ0) is 11.5. The highest BCUT2D eigenvalue weighted by atomic mass is 32.1. The third-order valence-corrected chi connectivity index (χ3v) is 2.75. The minimum absolute atomic E-state index is 0.340. The number of nitrogens with one attached hydrogen (secondary N) is 1. The van der Waals surface area contributed by atoms with Gasteiger partial charge in [0.1, 0.15) is 5.69 Å². The number of carbonyl (C=O) groups is 1. The number of esters is 1. The summed E-state index contributed by atoms with van der Waals surface area (Å²) in [5.74, 6) is 0.444. The number of benzene rings is 1. The van der Waals surface area contributed by atoms with Crippen LogP contribution in [0, 0.1) is 0 Å². The number of para-hydroxylation sites is 1. The zero-order valence-corrected chi connectivity index (χ0v) is 9.88. The van der Waals surface area contributed by atoms with Crippen LogP contribution in [-0.4, -0.2) is 23.8 Å². The second kappa shape index (κ2) is 4.61. The summed E-state index contributed by atoms with van der Waals surface area (Å²) in [6.45, 7) is 0. The molecule has 3 nitrogen and oxygen atoms in total. The van der Waals surface area contributed by atoms with E-state index in [4.69, 9.17) is 0 Å². The fourth-order valence-corrected chi connectivity index (χ4v) is 2.01. The number of methoxy groups -OCH3 is 1. The Kier molecular flexibility index (Phi) is 3.19. The van der Waals surface area contributed by atoms with Gasteiger partial charge in [-0.1, -0.05) is 18.2 Å². The van der Waals surface area contributed by atoms with Gasteiger partial charge in [-0.25, -0.2) is 4.79 Å². The fourth-order valence-electron chi connectivity index (χ4n) is 1.77. The summed E-state index contributed by atoms with van der Waals surface area (Å²) >= 11 is 4.22. The number of aryl methyl sites for hydroxylation is 1. The van der Waals surface area contributed by atoms with Gasteiger partial charge in [0.15, 0.2) is 0 Å². The third-order valence-electron chi connectivity index (χ3n) is 2.53. The van der Waals surface area contributed by atoms with E-state index in [-0.39, 0.29) is 5.97 Å². The molecular formula is C12H13NO2S. The van der Waals surface area contributed by atoms with E-state index in [0.717, 1.165) is 23.1 Å². The third kappa shape index (κ3) is 1.93. The fraction of sp³-hybridized carbons (Fsp3) is 0.250. The molecule has 0 radical (unpaired) electrons. The molecule has 0 aliphatic rings. The Labute approximate surface area is 99.2 Å². The quantitative estimate of drug-likeness (QED) is 0.633. The second-order valence-corrected chi connectivity index (χ2v) is 3.98. The van der Waals surface area contributed by atoms with Crippen molar-refractivity contribution in [3.63, 3.8) is 0 Å². The number of aromatic amines is 1. The first-order valence-corrected chi connectivity index (χ1v) is 5.69. The average Bonchev–Trinajstić information content (AvgIpc) is 2.73. The number of thiol groups is 1. The van der Waals surface area contributed by atoms with Crippen molar-refractivity contribution in [3.8, 4) is 0 Å². The van der Waals surface area contributed by atoms with Crippen molar-refractivity contribution in [2.45, 2.75) is 6.42 Å². The molecule has 0 atom stereocenters. The largest absolute Gasteiger partial charge is 0.464 e. The maximum absolute atomic E-state index is 11.4. The molecule has 0 unspecified atom stereocenters. The van der Waals surface area contributed by atoms with Crippen molar-refractivity contribution in [1.82, 2.24) is 4.98 Å². The van der Waals surface area contributed by atoms with E-state index in [1.165, 1.54) is 12.7 Å². The van der Waals surface area contributed by atoms with Crippen LogP contribution < -0.4 is 0 Å². The molecule has 0 spiro atoms. The molecule has 0 saturated carbocycles. The van der Waals surface area contributed by atoms with Crippen molar-refractivity contribution >= 4 is 29.5 Å². The van der Waals surface area contributed by atoms with E-state index < -0.39 is 0 Å². The summed E-state index contributed by atoms with van der Waals surface area (Å²) in [6, 6.07) is 7.80. The molecule has 0 bridgehead atoms. The lowest BCUT2D eigenvalue weighted by Gasteiger charge is -1.99. The Hall–Kier alpha value is -1.42. The molecule has 1 aromatic heterocycles. The van der Waals surface area contributed by atoms with Gasteiger partial charge in [-0.05, 0) is 23.8 Å². The number of ether oxygens (including phenoxy) is 1. The molecule has 1 aromatic carbocycles. The van der Waals surface area contributed by atoms with Crippen LogP contribution in [0.4, 0.5) is 0 Å². The number of fused-ring (bicyclic) bond motifs is 1. The molecule has 0 saturated heterocycles. The van der Waals surface area contributed by atoms with Crippen LogP contribution >= 0.6 is 12.6 Å². The van der Waals surface area contributed by atoms with Crippen LogP contribution in [0.2, 0.25) is 0 Å². The minimum Gasteiger partial charge on any atom is -0.464 e. The van der Waals surface area contributed by atoms with Crippen LogP contribution in [0.25, 0.3) is 10.9 Å². The molecule has 0 fully saturated rings. The number of H-pyrrole nitrogens is 1. The van der Waals surface area contributed by atoms with Gasteiger partial charge in [-0.3, -0.25) is 0 Å². The maximum atomic E-state index is 11.4. The Balaban J connectivity index is 2.52. The number of hydrogen-bond donors (Lipinski definition) is 2. The van der Waals surface area contributed by atoms with E-state index in [1.807, 2.05) is 24.3 Å². The first kappa shape index (κ1) is 11.1. The highest BCUT2D eigenvalue weighted by Gasteiger charge is 2.10. The molecule has 1 N–H and O–H groups in total. The zero-order valence-electron chi connectivity index (χ0n) is 8.99.